The molecule has 2 heterocycles. The van der Waals surface area contributed by atoms with Gasteiger partial charge < -0.3 is 19.4 Å². The molecule has 0 bridgehead atoms. The smallest absolute Gasteiger partial charge is 0.277 e. The van der Waals surface area contributed by atoms with Crippen LogP contribution in [0.1, 0.15) is 63.6 Å². The molecule has 194 valence electrons. The number of oxazole rings is 1. The van der Waals surface area contributed by atoms with Gasteiger partial charge in [-0.3, -0.25) is 9.59 Å². The second kappa shape index (κ2) is 10.9. The van der Waals surface area contributed by atoms with Gasteiger partial charge in [0.2, 0.25) is 11.8 Å². The summed E-state index contributed by atoms with van der Waals surface area (Å²) in [5, 5.41) is 2.81. The number of aromatic nitrogens is 1. The maximum absolute atomic E-state index is 12.9. The molecule has 1 aliphatic heterocycles. The van der Waals surface area contributed by atoms with Gasteiger partial charge in [0.05, 0.1) is 6.04 Å². The predicted octanol–water partition coefficient (Wildman–Crippen LogP) is 6.01. The van der Waals surface area contributed by atoms with Gasteiger partial charge in [-0.25, -0.2) is 4.98 Å². The maximum atomic E-state index is 12.9. The second-order valence-electron chi connectivity index (χ2n) is 9.60. The average Bonchev–Trinajstić information content (AvgIpc) is 3.42. The highest BCUT2D eigenvalue weighted by atomic mass is 16.5. The minimum absolute atomic E-state index is 0.0728. The number of nitrogens with one attached hydrogen (secondary N) is 1. The number of hydrogen-bond donors (Lipinski definition) is 1. The molecule has 7 nitrogen and oxygen atoms in total. The van der Waals surface area contributed by atoms with Crippen LogP contribution in [-0.4, -0.2) is 28.2 Å². The average molecular weight is 510 g/mol. The van der Waals surface area contributed by atoms with E-state index in [1.807, 2.05) is 55.1 Å². The number of anilines is 1. The second-order valence-corrected chi connectivity index (χ2v) is 9.60. The summed E-state index contributed by atoms with van der Waals surface area (Å²) in [5.41, 5.74) is 6.50. The Labute approximate surface area is 222 Å². The minimum Gasteiger partial charge on any atom is -0.484 e. The number of fused-ring (bicyclic) bond motifs is 1. The van der Waals surface area contributed by atoms with Crippen molar-refractivity contribution >= 4 is 17.5 Å². The lowest BCUT2D eigenvalue weighted by Crippen LogP contribution is -2.40. The minimum atomic E-state index is -0.348. The third-order valence-corrected chi connectivity index (χ3v) is 6.82. The number of carbonyl (C=O) groups excluding carboxylic acids is 2. The molecule has 0 fully saturated rings. The summed E-state index contributed by atoms with van der Waals surface area (Å²) in [6, 6.07) is 21.7. The van der Waals surface area contributed by atoms with Crippen LogP contribution in [0.4, 0.5) is 5.69 Å². The van der Waals surface area contributed by atoms with Crippen LogP contribution in [0.2, 0.25) is 0 Å². The van der Waals surface area contributed by atoms with Gasteiger partial charge in [0.25, 0.3) is 5.91 Å². The van der Waals surface area contributed by atoms with Crippen molar-refractivity contribution in [3.8, 4) is 5.75 Å². The van der Waals surface area contributed by atoms with Gasteiger partial charge in [0.1, 0.15) is 12.0 Å². The van der Waals surface area contributed by atoms with Crippen LogP contribution >= 0.6 is 0 Å². The first kappa shape index (κ1) is 25.3. The van der Waals surface area contributed by atoms with E-state index in [1.165, 1.54) is 17.4 Å². The van der Waals surface area contributed by atoms with Crippen molar-refractivity contribution in [1.82, 2.24) is 9.88 Å². The van der Waals surface area contributed by atoms with E-state index in [0.29, 0.717) is 30.3 Å². The number of aryl methyl sites for hydroxylation is 2. The lowest BCUT2D eigenvalue weighted by atomic mass is 9.87. The van der Waals surface area contributed by atoms with E-state index in [1.54, 1.807) is 0 Å². The van der Waals surface area contributed by atoms with E-state index in [2.05, 4.69) is 47.6 Å². The maximum Gasteiger partial charge on any atom is 0.277 e. The van der Waals surface area contributed by atoms with E-state index >= 15 is 0 Å². The number of amides is 2. The highest BCUT2D eigenvalue weighted by molar-refractivity contribution is 6.02. The van der Waals surface area contributed by atoms with Crippen molar-refractivity contribution in [2.24, 2.45) is 0 Å². The van der Waals surface area contributed by atoms with Crippen molar-refractivity contribution < 1.29 is 18.7 Å². The third kappa shape index (κ3) is 5.47. The molecule has 0 spiro atoms. The molecular weight excluding hydrogens is 478 g/mol. The number of hydrogen-bond acceptors (Lipinski definition) is 5. The number of nitrogens with zero attached hydrogens (tertiary/aromatic N) is 2. The summed E-state index contributed by atoms with van der Waals surface area (Å²) < 4.78 is 11.5. The fraction of sp³-hybridized carbons (Fsp3) is 0.258. The zero-order valence-electron chi connectivity index (χ0n) is 21.9. The zero-order valence-corrected chi connectivity index (χ0v) is 21.9. The van der Waals surface area contributed by atoms with E-state index < -0.39 is 0 Å². The summed E-state index contributed by atoms with van der Waals surface area (Å²) >= 11 is 0. The summed E-state index contributed by atoms with van der Waals surface area (Å²) in [5.74, 6) is 0.730. The molecule has 1 N–H and O–H groups in total. The molecule has 0 saturated heterocycles. The SMILES string of the molecule is CCC(=O)N1CCc2ccc(OCc3nc(C(=O)Nc4ccc(C)cc4)co3)cc2[C@@H]1c1ccc(C)cc1. The first-order valence-corrected chi connectivity index (χ1v) is 12.9. The Morgan fingerprint density at radius 2 is 1.74 bits per heavy atom. The van der Waals surface area contributed by atoms with Gasteiger partial charge in [-0.1, -0.05) is 60.5 Å². The molecule has 38 heavy (non-hydrogen) atoms. The van der Waals surface area contributed by atoms with Crippen molar-refractivity contribution in [2.75, 3.05) is 11.9 Å². The topological polar surface area (TPSA) is 84.7 Å². The quantitative estimate of drug-likeness (QED) is 0.330. The van der Waals surface area contributed by atoms with Crippen LogP contribution in [0.3, 0.4) is 0 Å². The van der Waals surface area contributed by atoms with Crippen LogP contribution in [0.5, 0.6) is 5.75 Å². The Kier molecular flexibility index (Phi) is 7.26. The van der Waals surface area contributed by atoms with E-state index in [0.717, 1.165) is 23.1 Å². The number of ether oxygens (including phenoxy) is 1. The molecule has 0 radical (unpaired) electrons. The van der Waals surface area contributed by atoms with Gasteiger partial charge >= 0.3 is 0 Å². The fourth-order valence-corrected chi connectivity index (χ4v) is 4.72. The molecule has 0 aliphatic carbocycles. The van der Waals surface area contributed by atoms with Gasteiger partial charge in [0.15, 0.2) is 12.3 Å². The van der Waals surface area contributed by atoms with Gasteiger partial charge in [0, 0.05) is 18.7 Å². The Morgan fingerprint density at radius 3 is 2.45 bits per heavy atom. The Bertz CT molecular complexity index is 1440. The molecular formula is C31H31N3O4. The van der Waals surface area contributed by atoms with E-state index in [4.69, 9.17) is 9.15 Å². The number of carbonyl (C=O) groups is 2. The van der Waals surface area contributed by atoms with Crippen LogP contribution in [-0.2, 0) is 17.8 Å². The molecule has 4 aromatic rings. The van der Waals surface area contributed by atoms with Crippen LogP contribution in [0, 0.1) is 13.8 Å². The molecule has 1 atom stereocenters. The molecule has 5 rings (SSSR count). The molecule has 2 amide bonds. The highest BCUT2D eigenvalue weighted by Gasteiger charge is 2.31. The van der Waals surface area contributed by atoms with Gasteiger partial charge in [-0.15, -0.1) is 0 Å². The molecule has 1 aliphatic rings. The first-order chi connectivity index (χ1) is 18.4. The van der Waals surface area contributed by atoms with Crippen LogP contribution in [0.15, 0.2) is 77.4 Å². The first-order valence-electron chi connectivity index (χ1n) is 12.9. The number of rotatable bonds is 7. The monoisotopic (exact) mass is 509 g/mol. The summed E-state index contributed by atoms with van der Waals surface area (Å²) in [6.07, 6.45) is 2.58. The lowest BCUT2D eigenvalue weighted by molar-refractivity contribution is -0.132. The molecule has 0 unspecified atom stereocenters. The largest absolute Gasteiger partial charge is 0.484 e. The van der Waals surface area contributed by atoms with Gasteiger partial charge in [-0.2, -0.15) is 0 Å². The summed E-state index contributed by atoms with van der Waals surface area (Å²) in [6.45, 7) is 6.70. The predicted molar refractivity (Wildman–Crippen MR) is 145 cm³/mol. The highest BCUT2D eigenvalue weighted by Crippen LogP contribution is 2.37. The Morgan fingerprint density at radius 1 is 1.03 bits per heavy atom. The summed E-state index contributed by atoms with van der Waals surface area (Å²) in [4.78, 5) is 31.6. The molecule has 7 heteroatoms. The zero-order chi connectivity index (χ0) is 26.6. The van der Waals surface area contributed by atoms with E-state index in [-0.39, 0.29) is 30.2 Å². The molecule has 0 saturated carbocycles. The lowest BCUT2D eigenvalue weighted by Gasteiger charge is -2.38. The van der Waals surface area contributed by atoms with E-state index in [9.17, 15) is 9.59 Å². The standard InChI is InChI=1S/C31H31N3O4/c1-4-29(35)34-16-15-22-11-14-25(17-26(22)30(34)23-9-5-20(2)6-10-23)37-19-28-33-27(18-38-28)31(36)32-24-12-7-21(3)8-13-24/h5-14,17-18,30H,4,15-16,19H2,1-3H3,(H,32,36)/t30-/m0/s1. The number of benzene rings is 3. The normalized spacial score (nSPS) is 14.6. The fourth-order valence-electron chi connectivity index (χ4n) is 4.72. The van der Waals surface area contributed by atoms with Crippen LogP contribution in [0.25, 0.3) is 0 Å². The Balaban J connectivity index is 1.32. The summed E-state index contributed by atoms with van der Waals surface area (Å²) in [7, 11) is 0. The van der Waals surface area contributed by atoms with Crippen molar-refractivity contribution in [3.63, 3.8) is 0 Å². The van der Waals surface area contributed by atoms with Gasteiger partial charge in [-0.05, 0) is 61.2 Å². The third-order valence-electron chi connectivity index (χ3n) is 6.82. The molecule has 1 aromatic heterocycles. The van der Waals surface area contributed by atoms with Crippen molar-refractivity contribution in [2.45, 2.75) is 46.3 Å². The Hall–Kier alpha value is -4.39. The van der Waals surface area contributed by atoms with Crippen molar-refractivity contribution in [3.05, 3.63) is 112 Å². The van der Waals surface area contributed by atoms with Crippen molar-refractivity contribution in [1.29, 1.82) is 0 Å². The molecule has 3 aromatic carbocycles. The van der Waals surface area contributed by atoms with Crippen LogP contribution < -0.4 is 10.1 Å².